The second-order valence-electron chi connectivity index (χ2n) is 25.5. The number of rotatable bonds is 9. The van der Waals surface area contributed by atoms with Gasteiger partial charge in [-0.2, -0.15) is 15.8 Å². The third-order valence-corrected chi connectivity index (χ3v) is 24.0. The number of nitrogens with one attached hydrogen (secondary N) is 1. The van der Waals surface area contributed by atoms with Crippen LogP contribution in [-0.4, -0.2) is 90.6 Å². The molecule has 454 valence electrons. The summed E-state index contributed by atoms with van der Waals surface area (Å²) in [6.45, 7) is 13.5. The minimum Gasteiger partial charge on any atom is -0.342 e. The lowest BCUT2D eigenvalue weighted by molar-refractivity contribution is -0.127. The number of allylic oxidation sites excluding steroid dienone is 3. The number of pyridine rings is 3. The molecule has 0 unspecified atom stereocenters. The number of nitriles is 3. The maximum absolute atomic E-state index is 12.5. The van der Waals surface area contributed by atoms with Crippen molar-refractivity contribution < 1.29 is 21.6 Å². The maximum atomic E-state index is 12.5. The van der Waals surface area contributed by atoms with Crippen molar-refractivity contribution in [3.05, 3.63) is 180 Å². The molecule has 6 fully saturated rings. The number of benzene rings is 3. The number of carbonyl (C=O) groups excluding carboxylic acids is 1. The van der Waals surface area contributed by atoms with Crippen LogP contribution in [0, 0.1) is 105 Å². The molecule has 3 aliphatic heterocycles. The minimum atomic E-state index is -3.16. The van der Waals surface area contributed by atoms with Gasteiger partial charge in [-0.05, 0) is 145 Å². The molecule has 6 aromatic rings. The highest BCUT2D eigenvalue weighted by Gasteiger charge is 2.52. The van der Waals surface area contributed by atoms with Crippen molar-refractivity contribution >= 4 is 44.2 Å². The number of carbonyl (C=O) groups is 1. The summed E-state index contributed by atoms with van der Waals surface area (Å²) in [5.41, 5.74) is 9.91. The van der Waals surface area contributed by atoms with Gasteiger partial charge < -0.3 is 4.90 Å². The van der Waals surface area contributed by atoms with Gasteiger partial charge in [0.2, 0.25) is 26.0 Å². The Morgan fingerprint density at radius 2 is 0.886 bits per heavy atom. The fourth-order valence-electron chi connectivity index (χ4n) is 14.8. The van der Waals surface area contributed by atoms with Crippen LogP contribution in [0.15, 0.2) is 146 Å². The lowest BCUT2D eigenvalue weighted by Crippen LogP contribution is -2.43. The van der Waals surface area contributed by atoms with Gasteiger partial charge in [0.05, 0.1) is 63.5 Å². The Bertz CT molecular complexity index is 3960. The van der Waals surface area contributed by atoms with E-state index in [1.165, 1.54) is 0 Å². The molecule has 0 bridgehead atoms. The first-order valence-corrected chi connectivity index (χ1v) is 34.1. The predicted molar refractivity (Wildman–Crippen MR) is 347 cm³/mol. The third-order valence-electron chi connectivity index (χ3n) is 20.6. The highest BCUT2D eigenvalue weighted by atomic mass is 32.2. The number of hydrogen-bond donors (Lipinski definition) is 1. The normalized spacial score (nSPS) is 30.2. The first-order valence-electron chi connectivity index (χ1n) is 30.8. The van der Waals surface area contributed by atoms with Gasteiger partial charge in [-0.1, -0.05) is 133 Å². The van der Waals surface area contributed by atoms with Gasteiger partial charge in [-0.3, -0.25) is 19.7 Å². The summed E-state index contributed by atoms with van der Waals surface area (Å²) in [4.78, 5) is 27.9. The molecule has 3 aromatic carbocycles. The fraction of sp³-hybridized carbons (Fsp3) is 0.403. The van der Waals surface area contributed by atoms with Crippen LogP contribution in [0.1, 0.15) is 101 Å². The van der Waals surface area contributed by atoms with Crippen LogP contribution in [-0.2, 0) is 24.8 Å². The Labute approximate surface area is 520 Å². The van der Waals surface area contributed by atoms with E-state index < -0.39 is 20.0 Å². The summed E-state index contributed by atoms with van der Waals surface area (Å²) in [5, 5.41) is 27.9. The lowest BCUT2D eigenvalue weighted by atomic mass is 9.65. The fourth-order valence-corrected chi connectivity index (χ4v) is 18.5. The summed E-state index contributed by atoms with van der Waals surface area (Å²) >= 11 is 0. The molecule has 0 radical (unpaired) electrons. The quantitative estimate of drug-likeness (QED) is 0.144. The highest BCUT2D eigenvalue weighted by molar-refractivity contribution is 7.89. The first kappa shape index (κ1) is 63.1. The van der Waals surface area contributed by atoms with Crippen molar-refractivity contribution in [2.45, 2.75) is 85.4 Å². The second kappa shape index (κ2) is 26.8. The molecular formula is C72H79N9O5S2. The molecule has 3 saturated carbocycles. The molecule has 6 aliphatic rings. The van der Waals surface area contributed by atoms with Gasteiger partial charge in [-0.25, -0.2) is 25.9 Å². The van der Waals surface area contributed by atoms with Crippen LogP contribution < -0.4 is 4.72 Å². The summed E-state index contributed by atoms with van der Waals surface area (Å²) in [6.07, 6.45) is 21.7. The molecule has 88 heavy (non-hydrogen) atoms. The van der Waals surface area contributed by atoms with Crippen LogP contribution in [0.5, 0.6) is 0 Å². The van der Waals surface area contributed by atoms with Crippen LogP contribution >= 0.6 is 0 Å². The monoisotopic (exact) mass is 1210 g/mol. The smallest absolute Gasteiger partial charge is 0.222 e. The van der Waals surface area contributed by atoms with Crippen LogP contribution in [0.3, 0.4) is 0 Å². The van der Waals surface area contributed by atoms with Crippen LogP contribution in [0.2, 0.25) is 0 Å². The summed E-state index contributed by atoms with van der Waals surface area (Å²) in [6, 6.07) is 41.6. The largest absolute Gasteiger partial charge is 0.342 e. The Balaban J connectivity index is 0.000000146. The minimum absolute atomic E-state index is 0.0404. The van der Waals surface area contributed by atoms with Gasteiger partial charge in [0.1, 0.15) is 0 Å². The van der Waals surface area contributed by atoms with Gasteiger partial charge in [0.15, 0.2) is 0 Å². The predicted octanol–water partition coefficient (Wildman–Crippen LogP) is 12.8. The Hall–Kier alpha value is -7.91. The number of hydrogen-bond acceptors (Lipinski definition) is 11. The molecule has 3 aliphatic carbocycles. The molecule has 15 atom stereocenters. The van der Waals surface area contributed by atoms with Gasteiger partial charge in [-0.15, -0.1) is 0 Å². The van der Waals surface area contributed by atoms with E-state index >= 15 is 0 Å². The van der Waals surface area contributed by atoms with Gasteiger partial charge >= 0.3 is 0 Å². The highest BCUT2D eigenvalue weighted by Crippen LogP contribution is 2.48. The maximum Gasteiger partial charge on any atom is 0.222 e. The Kier molecular flexibility index (Phi) is 19.2. The summed E-state index contributed by atoms with van der Waals surface area (Å²) < 4.78 is 53.5. The lowest BCUT2D eigenvalue weighted by Gasteiger charge is -2.42. The van der Waals surface area contributed by atoms with Crippen molar-refractivity contribution in [3.8, 4) is 51.6 Å². The molecule has 1 amide bonds. The number of aromatic nitrogens is 3. The number of fused-ring (bicyclic) bond motifs is 3. The third kappa shape index (κ3) is 13.5. The molecule has 3 saturated heterocycles. The average Bonchev–Trinajstić information content (AvgIpc) is 1.78. The zero-order chi connectivity index (χ0) is 62.6. The molecule has 12 rings (SSSR count). The van der Waals surface area contributed by atoms with Crippen molar-refractivity contribution in [1.82, 2.24) is 28.9 Å². The standard InChI is InChI=1S/C25H27N3O.C24H27N3O2S.C23H25N3O2S/c1-16-12-24-23(13-25(29)28(24)3)21(17(16)2)11-10-20-9-8-19(15-27-20)22-7-5-4-6-18(22)14-26;1-16-12-24-23(15-30(28,29)27(24)3)21(17(16)2)11-10-20-9-8-19(14-26-20)22-7-5-4-6-18(22)13-25;1-15-11-23-22(14-29(27,28)26-23)20(16(15)2)10-9-19-8-7-18(13-25-19)21-6-4-3-5-17(21)12-24/h4-11,15-17,21,23-24H,12-13H2,1-3H3;4-11,14,16-17,21,23-24H,12,15H2,1-3H3;3-10,13,15-16,20,22-23,26H,11,14H2,1-2H3/b2*11-10+;10-9+/t2*16-,17+,21-,23+,24-;15-,16+,20-,22+,23-/m000/s1. The van der Waals surface area contributed by atoms with E-state index in [1.54, 1.807) is 35.9 Å². The molecule has 14 nitrogen and oxygen atoms in total. The summed E-state index contributed by atoms with van der Waals surface area (Å²) in [5.74, 6) is 5.08. The number of likely N-dealkylation sites (tertiary alicyclic amines) is 1. The van der Waals surface area contributed by atoms with E-state index in [2.05, 4.69) is 104 Å². The van der Waals surface area contributed by atoms with Crippen molar-refractivity contribution in [2.24, 2.45) is 71.0 Å². The average molecular weight is 1210 g/mol. The number of sulfonamides is 2. The van der Waals surface area contributed by atoms with E-state index in [1.807, 2.05) is 127 Å². The zero-order valence-corrected chi connectivity index (χ0v) is 53.1. The number of amides is 1. The molecule has 1 N–H and O–H groups in total. The van der Waals surface area contributed by atoms with E-state index in [-0.39, 0.29) is 53.2 Å². The van der Waals surface area contributed by atoms with Crippen LogP contribution in [0.25, 0.3) is 51.6 Å². The second-order valence-corrected chi connectivity index (χ2v) is 29.4. The van der Waals surface area contributed by atoms with Crippen molar-refractivity contribution in [3.63, 3.8) is 0 Å². The zero-order valence-electron chi connectivity index (χ0n) is 51.4. The van der Waals surface area contributed by atoms with E-state index in [0.717, 1.165) is 69.7 Å². The molecule has 3 aromatic heterocycles. The topological polar surface area (TPSA) is 214 Å². The summed E-state index contributed by atoms with van der Waals surface area (Å²) in [7, 11) is -2.64. The van der Waals surface area contributed by atoms with Gasteiger partial charge in [0.25, 0.3) is 0 Å². The first-order chi connectivity index (χ1) is 42.2. The molecular weight excluding hydrogens is 1130 g/mol. The molecule has 0 spiro atoms. The molecule has 6 heterocycles. The molecule has 16 heteroatoms. The Morgan fingerprint density at radius 3 is 1.30 bits per heavy atom. The van der Waals surface area contributed by atoms with E-state index in [9.17, 15) is 37.4 Å². The SMILES string of the molecule is C[C@H]1[C@H](/C=C/c2ccc(-c3ccccc3C#N)cn2)[C@H]2CC(=O)N(C)[C@H]2C[C@@H]1C.C[C@H]1[C@H](/C=C/c2ccc(-c3ccccc3C#N)cn2)[C@H]2CS(=O)(=O)N(C)[C@H]2C[C@@H]1C.C[C@H]1[C@H](/C=C/c2ccc(-c3ccccc3C#N)cn2)[C@H]2CS(=O)(=O)N[C@H]2C[C@@H]1C. The Morgan fingerprint density at radius 1 is 0.500 bits per heavy atom. The van der Waals surface area contributed by atoms with E-state index in [0.29, 0.717) is 76.5 Å². The van der Waals surface area contributed by atoms with Crippen LogP contribution in [0.4, 0.5) is 0 Å². The van der Waals surface area contributed by atoms with Gasteiger partial charge in [0, 0.05) is 90.6 Å². The van der Waals surface area contributed by atoms with E-state index in [4.69, 9.17) is 0 Å². The van der Waals surface area contributed by atoms with Crippen molar-refractivity contribution in [1.29, 1.82) is 15.8 Å². The number of nitrogens with zero attached hydrogens (tertiary/aromatic N) is 8. The van der Waals surface area contributed by atoms with Crippen molar-refractivity contribution in [2.75, 3.05) is 25.6 Å².